The summed E-state index contributed by atoms with van der Waals surface area (Å²) in [6.07, 6.45) is 9.48. The molecule has 15 heavy (non-hydrogen) atoms. The first-order valence-electron chi connectivity index (χ1n) is 5.90. The van der Waals surface area contributed by atoms with Crippen molar-refractivity contribution in [3.05, 3.63) is 0 Å². The minimum atomic E-state index is -2.84. The number of sulfone groups is 1. The molecule has 1 fully saturated rings. The minimum Gasteiger partial charge on any atom is -0.328 e. The van der Waals surface area contributed by atoms with Crippen LogP contribution in [0.4, 0.5) is 0 Å². The maximum atomic E-state index is 10.9. The average molecular weight is 233 g/mol. The summed E-state index contributed by atoms with van der Waals surface area (Å²) in [6.45, 7) is 0. The van der Waals surface area contributed by atoms with E-state index in [0.29, 0.717) is 6.42 Å². The molecule has 0 amide bonds. The first-order valence-corrected chi connectivity index (χ1v) is 7.97. The lowest BCUT2D eigenvalue weighted by molar-refractivity contribution is 0.443. The van der Waals surface area contributed by atoms with Gasteiger partial charge in [0.2, 0.25) is 0 Å². The summed E-state index contributed by atoms with van der Waals surface area (Å²) in [5.41, 5.74) is 5.89. The molecule has 1 aliphatic carbocycles. The smallest absolute Gasteiger partial charge is 0.147 e. The number of hydrogen-bond donors (Lipinski definition) is 1. The second-order valence-electron chi connectivity index (χ2n) is 4.91. The van der Waals surface area contributed by atoms with E-state index < -0.39 is 9.84 Å². The molecule has 0 radical (unpaired) electrons. The molecule has 0 heterocycles. The third kappa shape index (κ3) is 6.15. The summed E-state index contributed by atoms with van der Waals surface area (Å²) in [6, 6.07) is 0.0697. The van der Waals surface area contributed by atoms with Crippen LogP contribution >= 0.6 is 0 Å². The lowest BCUT2D eigenvalue weighted by atomic mass is 9.98. The van der Waals surface area contributed by atoms with Crippen LogP contribution in [0.25, 0.3) is 0 Å². The van der Waals surface area contributed by atoms with Crippen molar-refractivity contribution in [1.29, 1.82) is 0 Å². The average Bonchev–Trinajstić information content (AvgIpc) is 2.62. The molecule has 2 N–H and O–H groups in total. The zero-order valence-corrected chi connectivity index (χ0v) is 10.4. The number of hydrogen-bond acceptors (Lipinski definition) is 3. The normalized spacial score (nSPS) is 20.7. The van der Waals surface area contributed by atoms with E-state index in [0.717, 1.165) is 12.3 Å². The van der Waals surface area contributed by atoms with Gasteiger partial charge in [-0.3, -0.25) is 0 Å². The third-order valence-electron chi connectivity index (χ3n) is 3.28. The Morgan fingerprint density at radius 2 is 1.87 bits per heavy atom. The standard InChI is InChI=1S/C11H23NO2S/c1-15(13,14)9-8-11(12)7-6-10-4-2-3-5-10/h10-11H,2-9,12H2,1H3. The maximum absolute atomic E-state index is 10.9. The Hall–Kier alpha value is -0.0900. The third-order valence-corrected chi connectivity index (χ3v) is 4.26. The van der Waals surface area contributed by atoms with Gasteiger partial charge in [-0.15, -0.1) is 0 Å². The van der Waals surface area contributed by atoms with Gasteiger partial charge < -0.3 is 5.73 Å². The molecular formula is C11H23NO2S. The fraction of sp³-hybridized carbons (Fsp3) is 1.00. The van der Waals surface area contributed by atoms with Crippen LogP contribution < -0.4 is 5.73 Å². The molecule has 90 valence electrons. The van der Waals surface area contributed by atoms with Crippen LogP contribution in [-0.4, -0.2) is 26.5 Å². The largest absolute Gasteiger partial charge is 0.328 e. The fourth-order valence-electron chi connectivity index (χ4n) is 2.26. The predicted molar refractivity (Wildman–Crippen MR) is 63.5 cm³/mol. The number of nitrogens with two attached hydrogens (primary N) is 1. The van der Waals surface area contributed by atoms with E-state index in [1.54, 1.807) is 0 Å². The molecule has 0 spiro atoms. The van der Waals surface area contributed by atoms with E-state index in [2.05, 4.69) is 0 Å². The Labute approximate surface area is 93.3 Å². The Balaban J connectivity index is 2.10. The van der Waals surface area contributed by atoms with Crippen molar-refractivity contribution in [3.8, 4) is 0 Å². The van der Waals surface area contributed by atoms with Gasteiger partial charge >= 0.3 is 0 Å². The molecule has 0 aromatic rings. The second kappa shape index (κ2) is 5.85. The molecule has 4 heteroatoms. The van der Waals surface area contributed by atoms with E-state index in [-0.39, 0.29) is 11.8 Å². The van der Waals surface area contributed by atoms with Gasteiger partial charge in [-0.1, -0.05) is 25.7 Å². The molecule has 3 nitrogen and oxygen atoms in total. The highest BCUT2D eigenvalue weighted by Crippen LogP contribution is 2.28. The van der Waals surface area contributed by atoms with Crippen molar-refractivity contribution in [3.63, 3.8) is 0 Å². The molecule has 1 rings (SSSR count). The highest BCUT2D eigenvalue weighted by molar-refractivity contribution is 7.90. The summed E-state index contributed by atoms with van der Waals surface area (Å²) in [5.74, 6) is 1.09. The molecule has 1 saturated carbocycles. The zero-order chi connectivity index (χ0) is 11.3. The molecular weight excluding hydrogens is 210 g/mol. The van der Waals surface area contributed by atoms with Crippen molar-refractivity contribution in [2.24, 2.45) is 11.7 Å². The highest BCUT2D eigenvalue weighted by atomic mass is 32.2. The Kier molecular flexibility index (Phi) is 5.06. The maximum Gasteiger partial charge on any atom is 0.147 e. The molecule has 1 atom stereocenters. The second-order valence-corrected chi connectivity index (χ2v) is 7.17. The van der Waals surface area contributed by atoms with Crippen LogP contribution in [0, 0.1) is 5.92 Å². The van der Waals surface area contributed by atoms with Crippen LogP contribution in [0.5, 0.6) is 0 Å². The van der Waals surface area contributed by atoms with Crippen molar-refractivity contribution in [2.45, 2.75) is 51.0 Å². The molecule has 0 bridgehead atoms. The van der Waals surface area contributed by atoms with Gasteiger partial charge in [-0.2, -0.15) is 0 Å². The van der Waals surface area contributed by atoms with Crippen molar-refractivity contribution in [1.82, 2.24) is 0 Å². The van der Waals surface area contributed by atoms with Gasteiger partial charge in [0, 0.05) is 12.3 Å². The van der Waals surface area contributed by atoms with Gasteiger partial charge in [0.25, 0.3) is 0 Å². The van der Waals surface area contributed by atoms with Crippen molar-refractivity contribution in [2.75, 3.05) is 12.0 Å². The summed E-state index contributed by atoms with van der Waals surface area (Å²) in [5, 5.41) is 0. The monoisotopic (exact) mass is 233 g/mol. The first kappa shape index (κ1) is 13.0. The van der Waals surface area contributed by atoms with Crippen LogP contribution in [0.2, 0.25) is 0 Å². The summed E-state index contributed by atoms with van der Waals surface area (Å²) in [7, 11) is -2.84. The summed E-state index contributed by atoms with van der Waals surface area (Å²) in [4.78, 5) is 0. The lowest BCUT2D eigenvalue weighted by Crippen LogP contribution is -2.24. The zero-order valence-electron chi connectivity index (χ0n) is 9.61. The lowest BCUT2D eigenvalue weighted by Gasteiger charge is -2.13. The van der Waals surface area contributed by atoms with E-state index in [1.807, 2.05) is 0 Å². The molecule has 0 aromatic heterocycles. The first-order chi connectivity index (χ1) is 6.97. The Bertz CT molecular complexity index is 268. The molecule has 0 aliphatic heterocycles. The predicted octanol–water partition coefficient (Wildman–Crippen LogP) is 1.72. The quantitative estimate of drug-likeness (QED) is 0.760. The topological polar surface area (TPSA) is 60.2 Å². The Morgan fingerprint density at radius 1 is 1.27 bits per heavy atom. The van der Waals surface area contributed by atoms with Crippen LogP contribution in [0.3, 0.4) is 0 Å². The van der Waals surface area contributed by atoms with Gasteiger partial charge in [-0.05, 0) is 25.2 Å². The fourth-order valence-corrected chi connectivity index (χ4v) is 2.99. The van der Waals surface area contributed by atoms with E-state index in [1.165, 1.54) is 38.4 Å². The van der Waals surface area contributed by atoms with E-state index >= 15 is 0 Å². The van der Waals surface area contributed by atoms with Gasteiger partial charge in [0.05, 0.1) is 5.75 Å². The molecule has 1 aliphatic rings. The van der Waals surface area contributed by atoms with Crippen molar-refractivity contribution >= 4 is 9.84 Å². The van der Waals surface area contributed by atoms with Crippen molar-refractivity contribution < 1.29 is 8.42 Å². The number of rotatable bonds is 6. The summed E-state index contributed by atoms with van der Waals surface area (Å²) < 4.78 is 21.9. The minimum absolute atomic E-state index is 0.0697. The van der Waals surface area contributed by atoms with Crippen LogP contribution in [0.15, 0.2) is 0 Å². The van der Waals surface area contributed by atoms with Gasteiger partial charge in [0.15, 0.2) is 0 Å². The molecule has 0 saturated heterocycles. The van der Waals surface area contributed by atoms with Gasteiger partial charge in [0.1, 0.15) is 9.84 Å². The van der Waals surface area contributed by atoms with E-state index in [4.69, 9.17) is 5.73 Å². The summed E-state index contributed by atoms with van der Waals surface area (Å²) >= 11 is 0. The highest BCUT2D eigenvalue weighted by Gasteiger charge is 2.16. The molecule has 1 unspecified atom stereocenters. The Morgan fingerprint density at radius 3 is 2.40 bits per heavy atom. The van der Waals surface area contributed by atoms with Crippen LogP contribution in [-0.2, 0) is 9.84 Å². The van der Waals surface area contributed by atoms with Gasteiger partial charge in [-0.25, -0.2) is 8.42 Å². The van der Waals surface area contributed by atoms with Crippen LogP contribution in [0.1, 0.15) is 44.9 Å². The van der Waals surface area contributed by atoms with E-state index in [9.17, 15) is 8.42 Å². The molecule has 0 aromatic carbocycles. The SMILES string of the molecule is CS(=O)(=O)CCC(N)CCC1CCCC1.